The fourth-order valence-electron chi connectivity index (χ4n) is 4.18. The zero-order valence-electron chi connectivity index (χ0n) is 11.7. The molecule has 0 saturated carbocycles. The van der Waals surface area contributed by atoms with Gasteiger partial charge in [0, 0.05) is 40.7 Å². The first-order valence-corrected chi connectivity index (χ1v) is 7.47. The Hall–Kier alpha value is -2.88. The number of nitrogens with one attached hydrogen (secondary N) is 2. The maximum absolute atomic E-state index is 12.3. The molecular formula is C18H11N3O. The lowest BCUT2D eigenvalue weighted by molar-refractivity contribution is 1.14. The molecule has 0 fully saturated rings. The number of allylic oxidation sites excluding steroid dienone is 2. The van der Waals surface area contributed by atoms with E-state index < -0.39 is 0 Å². The molecule has 1 aromatic carbocycles. The normalized spacial score (nSPS) is 15.4. The molecule has 0 saturated heterocycles. The molecule has 4 heteroatoms. The number of nitrogens with zero attached hydrogens (tertiary/aromatic N) is 1. The summed E-state index contributed by atoms with van der Waals surface area (Å²) in [5.74, 6) is 0. The fraction of sp³-hybridized carbons (Fsp3) is 0.111. The van der Waals surface area contributed by atoms with E-state index in [1.165, 1.54) is 27.5 Å². The molecule has 3 heterocycles. The quantitative estimate of drug-likeness (QED) is 0.488. The molecule has 22 heavy (non-hydrogen) atoms. The second-order valence-corrected chi connectivity index (χ2v) is 6.16. The molecule has 0 radical (unpaired) electrons. The van der Waals surface area contributed by atoms with Gasteiger partial charge in [0.25, 0.3) is 5.56 Å². The minimum atomic E-state index is -0.0315. The van der Waals surface area contributed by atoms with Crippen LogP contribution in [0.5, 0.6) is 0 Å². The predicted octanol–water partition coefficient (Wildman–Crippen LogP) is 3.05. The number of H-pyrrole nitrogens is 2. The molecule has 3 aromatic heterocycles. The Kier molecular flexibility index (Phi) is 1.62. The van der Waals surface area contributed by atoms with E-state index in [0.717, 1.165) is 40.3 Å². The van der Waals surface area contributed by atoms with Gasteiger partial charge in [-0.15, -0.1) is 0 Å². The van der Waals surface area contributed by atoms with Crippen LogP contribution in [0, 0.1) is 0 Å². The van der Waals surface area contributed by atoms with E-state index in [4.69, 9.17) is 0 Å². The minimum absolute atomic E-state index is 0.0315. The molecular weight excluding hydrogens is 274 g/mol. The first kappa shape index (κ1) is 10.8. The molecule has 2 aliphatic rings. The van der Waals surface area contributed by atoms with Crippen LogP contribution in [0.2, 0.25) is 0 Å². The minimum Gasteiger partial charge on any atom is -0.363 e. The van der Waals surface area contributed by atoms with Crippen LogP contribution in [-0.4, -0.2) is 15.0 Å². The molecule has 0 aliphatic heterocycles. The molecule has 0 amide bonds. The Morgan fingerprint density at radius 2 is 2.14 bits per heavy atom. The van der Waals surface area contributed by atoms with E-state index in [9.17, 15) is 4.79 Å². The van der Waals surface area contributed by atoms with Gasteiger partial charge < -0.3 is 9.97 Å². The van der Waals surface area contributed by atoms with Crippen molar-refractivity contribution in [3.63, 3.8) is 0 Å². The van der Waals surface area contributed by atoms with Crippen molar-refractivity contribution < 1.29 is 0 Å². The number of benzene rings is 1. The highest BCUT2D eigenvalue weighted by Crippen LogP contribution is 2.44. The molecule has 2 aliphatic carbocycles. The highest BCUT2D eigenvalue weighted by Gasteiger charge is 2.27. The van der Waals surface area contributed by atoms with E-state index in [0.29, 0.717) is 0 Å². The maximum atomic E-state index is 12.3. The Labute approximate surface area is 124 Å². The third kappa shape index (κ3) is 1.05. The monoisotopic (exact) mass is 285 g/mol. The van der Waals surface area contributed by atoms with Gasteiger partial charge in [-0.2, -0.15) is 0 Å². The van der Waals surface area contributed by atoms with Crippen LogP contribution in [0.25, 0.3) is 38.2 Å². The van der Waals surface area contributed by atoms with Gasteiger partial charge in [-0.3, -0.25) is 9.78 Å². The molecule has 0 bridgehead atoms. The van der Waals surface area contributed by atoms with Crippen LogP contribution in [-0.2, 0) is 12.8 Å². The maximum Gasteiger partial charge on any atom is 0.257 e. The van der Waals surface area contributed by atoms with Crippen molar-refractivity contribution in [1.82, 2.24) is 15.0 Å². The van der Waals surface area contributed by atoms with Crippen LogP contribution < -0.4 is 5.56 Å². The average Bonchev–Trinajstić information content (AvgIpc) is 2.96. The second-order valence-electron chi connectivity index (χ2n) is 6.16. The Bertz CT molecular complexity index is 1240. The van der Waals surface area contributed by atoms with Crippen molar-refractivity contribution in [3.8, 4) is 0 Å². The van der Waals surface area contributed by atoms with Crippen molar-refractivity contribution in [2.24, 2.45) is 0 Å². The molecule has 4 aromatic rings. The lowest BCUT2D eigenvalue weighted by atomic mass is 9.81. The topological polar surface area (TPSA) is 61.5 Å². The van der Waals surface area contributed by atoms with Crippen molar-refractivity contribution in [2.45, 2.75) is 12.8 Å². The van der Waals surface area contributed by atoms with Gasteiger partial charge in [0.1, 0.15) is 0 Å². The first-order chi connectivity index (χ1) is 10.8. The standard InChI is InChI=1S/C18H11N3O/c22-18-10-7-20-11-5-9-2-1-8-3-4-19-12-6-13(21-18)17(16(10)11)15(9)14(8)12/h2-4,6-7,20H,1,5H2,(H,21,22). The van der Waals surface area contributed by atoms with Gasteiger partial charge in [-0.05, 0) is 35.3 Å². The van der Waals surface area contributed by atoms with E-state index in [-0.39, 0.29) is 5.56 Å². The zero-order valence-corrected chi connectivity index (χ0v) is 11.7. The highest BCUT2D eigenvalue weighted by molar-refractivity contribution is 6.21. The molecule has 104 valence electrons. The Balaban J connectivity index is 2.07. The van der Waals surface area contributed by atoms with E-state index in [1.54, 1.807) is 0 Å². The van der Waals surface area contributed by atoms with Crippen molar-refractivity contribution in [2.75, 3.05) is 0 Å². The number of aromatic amines is 2. The van der Waals surface area contributed by atoms with Gasteiger partial charge in [-0.25, -0.2) is 0 Å². The lowest BCUT2D eigenvalue weighted by Gasteiger charge is -2.24. The van der Waals surface area contributed by atoms with Crippen molar-refractivity contribution >= 4 is 38.2 Å². The summed E-state index contributed by atoms with van der Waals surface area (Å²) in [6, 6.07) is 4.12. The van der Waals surface area contributed by atoms with Crippen LogP contribution in [0.15, 0.2) is 35.4 Å². The zero-order chi connectivity index (χ0) is 14.4. The Morgan fingerprint density at radius 1 is 1.18 bits per heavy atom. The molecule has 2 N–H and O–H groups in total. The number of hydrogen-bond acceptors (Lipinski definition) is 2. The second kappa shape index (κ2) is 3.30. The molecule has 6 rings (SSSR count). The Morgan fingerprint density at radius 3 is 3.09 bits per heavy atom. The van der Waals surface area contributed by atoms with Crippen LogP contribution in [0.4, 0.5) is 0 Å². The summed E-state index contributed by atoms with van der Waals surface area (Å²) in [6.45, 7) is 0. The number of aromatic nitrogens is 3. The summed E-state index contributed by atoms with van der Waals surface area (Å²) in [4.78, 5) is 23.2. The SMILES string of the molecule is O=c1[nH]c2cc3nccc4c3c3c2c2c([nH]cc12)CC3=CC4. The van der Waals surface area contributed by atoms with Gasteiger partial charge in [0.05, 0.1) is 16.4 Å². The summed E-state index contributed by atoms with van der Waals surface area (Å²) < 4.78 is 0. The molecule has 0 atom stereocenters. The third-order valence-electron chi connectivity index (χ3n) is 5.08. The van der Waals surface area contributed by atoms with Gasteiger partial charge in [0.2, 0.25) is 0 Å². The van der Waals surface area contributed by atoms with Crippen LogP contribution >= 0.6 is 0 Å². The van der Waals surface area contributed by atoms with E-state index in [1.807, 2.05) is 18.5 Å². The van der Waals surface area contributed by atoms with Crippen molar-refractivity contribution in [3.05, 3.63) is 57.8 Å². The summed E-state index contributed by atoms with van der Waals surface area (Å²) in [7, 11) is 0. The summed E-state index contributed by atoms with van der Waals surface area (Å²) in [5, 5.41) is 4.27. The van der Waals surface area contributed by atoms with E-state index >= 15 is 0 Å². The first-order valence-electron chi connectivity index (χ1n) is 7.47. The van der Waals surface area contributed by atoms with Crippen LogP contribution in [0.1, 0.15) is 16.8 Å². The number of pyridine rings is 2. The molecule has 4 nitrogen and oxygen atoms in total. The average molecular weight is 285 g/mol. The third-order valence-corrected chi connectivity index (χ3v) is 5.08. The number of hydrogen-bond donors (Lipinski definition) is 2. The smallest absolute Gasteiger partial charge is 0.257 e. The summed E-state index contributed by atoms with van der Waals surface area (Å²) >= 11 is 0. The lowest BCUT2D eigenvalue weighted by Crippen LogP contribution is -2.11. The van der Waals surface area contributed by atoms with Gasteiger partial charge >= 0.3 is 0 Å². The number of rotatable bonds is 0. The van der Waals surface area contributed by atoms with E-state index in [2.05, 4.69) is 27.1 Å². The molecule has 0 spiro atoms. The molecule has 0 unspecified atom stereocenters. The van der Waals surface area contributed by atoms with Crippen LogP contribution in [0.3, 0.4) is 0 Å². The predicted molar refractivity (Wildman–Crippen MR) is 87.1 cm³/mol. The fourth-order valence-corrected chi connectivity index (χ4v) is 4.18. The van der Waals surface area contributed by atoms with Gasteiger partial charge in [0.15, 0.2) is 0 Å². The summed E-state index contributed by atoms with van der Waals surface area (Å²) in [6.07, 6.45) is 7.83. The van der Waals surface area contributed by atoms with Gasteiger partial charge in [-0.1, -0.05) is 6.08 Å². The van der Waals surface area contributed by atoms with Crippen molar-refractivity contribution in [1.29, 1.82) is 0 Å². The summed E-state index contributed by atoms with van der Waals surface area (Å²) in [5.41, 5.74) is 6.92. The largest absolute Gasteiger partial charge is 0.363 e. The highest BCUT2D eigenvalue weighted by atomic mass is 16.1.